The van der Waals surface area contributed by atoms with Crippen molar-refractivity contribution in [3.63, 3.8) is 0 Å². The molecule has 3 heterocycles. The van der Waals surface area contributed by atoms with Crippen molar-refractivity contribution in [3.8, 4) is 12.3 Å². The number of nitrogens with zero attached hydrogens (tertiary/aromatic N) is 4. The van der Waals surface area contributed by atoms with Crippen molar-refractivity contribution >= 4 is 22.8 Å². The number of amides is 1. The Morgan fingerprint density at radius 3 is 2.85 bits per heavy atom. The van der Waals surface area contributed by atoms with Crippen molar-refractivity contribution in [2.45, 2.75) is 38.5 Å². The summed E-state index contributed by atoms with van der Waals surface area (Å²) in [6, 6.07) is 0. The van der Waals surface area contributed by atoms with Gasteiger partial charge < -0.3 is 25.0 Å². The average molecular weight is 357 g/mol. The van der Waals surface area contributed by atoms with Crippen molar-refractivity contribution in [1.82, 2.24) is 19.4 Å². The lowest BCUT2D eigenvalue weighted by molar-refractivity contribution is -0.0606. The van der Waals surface area contributed by atoms with Crippen LogP contribution >= 0.6 is 0 Å². The van der Waals surface area contributed by atoms with Crippen molar-refractivity contribution in [3.05, 3.63) is 18.1 Å². The third-order valence-electron chi connectivity index (χ3n) is 4.59. The number of hydrogen-bond acceptors (Lipinski definition) is 6. The van der Waals surface area contributed by atoms with Crippen LogP contribution in [0.1, 0.15) is 42.8 Å². The van der Waals surface area contributed by atoms with Crippen LogP contribution in [-0.2, 0) is 4.74 Å². The predicted octanol–water partition coefficient (Wildman–Crippen LogP) is 1.17. The summed E-state index contributed by atoms with van der Waals surface area (Å²) in [6.45, 7) is 3.09. The fourth-order valence-corrected chi connectivity index (χ4v) is 3.27. The fraction of sp³-hybridized carbons (Fsp3) is 0.500. The molecule has 1 fully saturated rings. The van der Waals surface area contributed by atoms with Crippen LogP contribution in [0, 0.1) is 12.3 Å². The van der Waals surface area contributed by atoms with Crippen LogP contribution in [0.15, 0.2) is 12.5 Å². The van der Waals surface area contributed by atoms with Gasteiger partial charge in [0.25, 0.3) is 5.91 Å². The zero-order valence-electron chi connectivity index (χ0n) is 14.8. The van der Waals surface area contributed by atoms with Crippen LogP contribution in [-0.4, -0.2) is 56.2 Å². The number of aromatic nitrogens is 3. The van der Waals surface area contributed by atoms with E-state index in [1.807, 2.05) is 4.90 Å². The molecule has 1 saturated heterocycles. The molecule has 8 heteroatoms. The molecule has 1 amide bonds. The predicted molar refractivity (Wildman–Crippen MR) is 97.2 cm³/mol. The average Bonchev–Trinajstić information content (AvgIpc) is 3.29. The van der Waals surface area contributed by atoms with Crippen molar-refractivity contribution in [1.29, 1.82) is 0 Å². The van der Waals surface area contributed by atoms with Gasteiger partial charge >= 0.3 is 0 Å². The Morgan fingerprint density at radius 2 is 2.19 bits per heavy atom. The summed E-state index contributed by atoms with van der Waals surface area (Å²) in [5.74, 6) is 2.66. The molecule has 0 unspecified atom stereocenters. The molecule has 8 nitrogen and oxygen atoms in total. The molecule has 2 aromatic rings. The first-order valence-electron chi connectivity index (χ1n) is 8.66. The number of ether oxygens (including phenoxy) is 1. The summed E-state index contributed by atoms with van der Waals surface area (Å²) >= 11 is 0. The number of fused-ring (bicyclic) bond motifs is 1. The van der Waals surface area contributed by atoms with Crippen molar-refractivity contribution in [2.75, 3.05) is 25.4 Å². The zero-order valence-corrected chi connectivity index (χ0v) is 14.8. The van der Waals surface area contributed by atoms with Crippen LogP contribution in [0.2, 0.25) is 0 Å². The highest BCUT2D eigenvalue weighted by Gasteiger charge is 2.27. The van der Waals surface area contributed by atoms with Gasteiger partial charge in [0.05, 0.1) is 23.7 Å². The van der Waals surface area contributed by atoms with E-state index in [1.165, 1.54) is 6.33 Å². The fourth-order valence-electron chi connectivity index (χ4n) is 3.27. The van der Waals surface area contributed by atoms with E-state index in [1.54, 1.807) is 17.7 Å². The minimum Gasteiger partial charge on any atom is -0.394 e. The van der Waals surface area contributed by atoms with E-state index >= 15 is 0 Å². The van der Waals surface area contributed by atoms with Gasteiger partial charge in [-0.3, -0.25) is 4.79 Å². The van der Waals surface area contributed by atoms with E-state index in [9.17, 15) is 9.90 Å². The second-order valence-electron chi connectivity index (χ2n) is 6.36. The molecule has 0 spiro atoms. The van der Waals surface area contributed by atoms with Gasteiger partial charge in [0.2, 0.25) is 0 Å². The number of carbonyl (C=O) groups is 1. The lowest BCUT2D eigenvalue weighted by atomic mass is 10.2. The Hall–Kier alpha value is -2.63. The lowest BCUT2D eigenvalue weighted by Gasteiger charge is -2.21. The van der Waals surface area contributed by atoms with Gasteiger partial charge in [-0.25, -0.2) is 9.97 Å². The Labute approximate surface area is 152 Å². The maximum absolute atomic E-state index is 12.9. The monoisotopic (exact) mass is 357 g/mol. The molecule has 2 aromatic heterocycles. The molecule has 0 aliphatic carbocycles. The number of aliphatic hydroxyl groups is 1. The maximum Gasteiger partial charge on any atom is 0.256 e. The first-order chi connectivity index (χ1) is 12.6. The van der Waals surface area contributed by atoms with Gasteiger partial charge in [-0.2, -0.15) is 0 Å². The number of hydrogen-bond donors (Lipinski definition) is 2. The quantitative estimate of drug-likeness (QED) is 0.752. The van der Waals surface area contributed by atoms with Crippen LogP contribution in [0.4, 0.5) is 5.82 Å². The van der Waals surface area contributed by atoms with Crippen LogP contribution in [0.25, 0.3) is 11.0 Å². The van der Waals surface area contributed by atoms with E-state index in [2.05, 4.69) is 15.9 Å². The van der Waals surface area contributed by atoms with Gasteiger partial charge in [-0.15, -0.1) is 12.3 Å². The summed E-state index contributed by atoms with van der Waals surface area (Å²) in [7, 11) is 0. The Balaban J connectivity index is 1.99. The minimum atomic E-state index is -0.496. The maximum atomic E-state index is 12.9. The van der Waals surface area contributed by atoms with E-state index in [-0.39, 0.29) is 24.8 Å². The van der Waals surface area contributed by atoms with Gasteiger partial charge in [0, 0.05) is 25.7 Å². The molecule has 1 aliphatic heterocycles. The highest BCUT2D eigenvalue weighted by Crippen LogP contribution is 2.29. The molecule has 26 heavy (non-hydrogen) atoms. The summed E-state index contributed by atoms with van der Waals surface area (Å²) < 4.78 is 7.57. The van der Waals surface area contributed by atoms with Gasteiger partial charge in [-0.05, 0) is 19.8 Å². The molecule has 3 rings (SSSR count). The second kappa shape index (κ2) is 7.72. The molecule has 138 valence electrons. The topological polar surface area (TPSA) is 106 Å². The number of nitrogens with two attached hydrogens (primary N) is 1. The van der Waals surface area contributed by atoms with Crippen molar-refractivity contribution in [2.24, 2.45) is 0 Å². The highest BCUT2D eigenvalue weighted by atomic mass is 16.5. The molecule has 0 aromatic carbocycles. The van der Waals surface area contributed by atoms with Gasteiger partial charge in [0.1, 0.15) is 24.0 Å². The molecular formula is C18H23N5O3. The summed E-state index contributed by atoms with van der Waals surface area (Å²) in [5.41, 5.74) is 7.02. The minimum absolute atomic E-state index is 0.0812. The third kappa shape index (κ3) is 3.36. The van der Waals surface area contributed by atoms with E-state index in [0.717, 1.165) is 25.9 Å². The second-order valence-corrected chi connectivity index (χ2v) is 6.36. The summed E-state index contributed by atoms with van der Waals surface area (Å²) in [6.07, 6.45) is 9.67. The van der Waals surface area contributed by atoms with E-state index in [0.29, 0.717) is 16.6 Å². The number of rotatable bonds is 6. The smallest absolute Gasteiger partial charge is 0.256 e. The van der Waals surface area contributed by atoms with E-state index in [4.69, 9.17) is 16.9 Å². The number of carbonyl (C=O) groups excluding carboxylic acids is 1. The molecule has 0 radical (unpaired) electrons. The summed E-state index contributed by atoms with van der Waals surface area (Å²) in [4.78, 5) is 23.1. The molecule has 2 atom stereocenters. The first kappa shape index (κ1) is 18.2. The molecule has 3 N–H and O–H groups in total. The Morgan fingerprint density at radius 1 is 1.46 bits per heavy atom. The number of nitrogen functional groups attached to an aromatic ring is 1. The molecule has 0 bridgehead atoms. The number of likely N-dealkylation sites (tertiary alicyclic amines) is 1. The Kier molecular flexibility index (Phi) is 5.40. The standard InChI is InChI=1S/C18H23N5O3/c1-3-6-13(10-24)26-12(2)23-9-14(18(25)22-7-4-5-8-22)15-16(19)20-11-21-17(15)23/h1,9,11-13,24H,4-8,10H2,2H3,(H2,19,20,21)/t12-,13+/m1/s1. The number of terminal acetylenes is 1. The first-order valence-corrected chi connectivity index (χ1v) is 8.66. The number of aliphatic hydroxyl groups excluding tert-OH is 1. The summed E-state index contributed by atoms with van der Waals surface area (Å²) in [5, 5.41) is 9.94. The molecule has 1 aliphatic rings. The zero-order chi connectivity index (χ0) is 18.7. The lowest BCUT2D eigenvalue weighted by Crippen LogP contribution is -2.27. The van der Waals surface area contributed by atoms with E-state index < -0.39 is 12.3 Å². The number of anilines is 1. The molecule has 0 saturated carbocycles. The van der Waals surface area contributed by atoms with Crippen LogP contribution in [0.3, 0.4) is 0 Å². The van der Waals surface area contributed by atoms with Crippen LogP contribution in [0.5, 0.6) is 0 Å². The van der Waals surface area contributed by atoms with Crippen molar-refractivity contribution < 1.29 is 14.6 Å². The Bertz CT molecular complexity index is 835. The van der Waals surface area contributed by atoms with Crippen LogP contribution < -0.4 is 5.73 Å². The van der Waals surface area contributed by atoms with Gasteiger partial charge in [0.15, 0.2) is 0 Å². The SMILES string of the molecule is C#CC[C@@H](CO)O[C@H](C)n1cc(C(=O)N2CCCC2)c2c(N)ncnc21. The molecular weight excluding hydrogens is 334 g/mol. The largest absolute Gasteiger partial charge is 0.394 e. The van der Waals surface area contributed by atoms with Gasteiger partial charge in [-0.1, -0.05) is 0 Å². The normalized spacial score (nSPS) is 16.6. The third-order valence-corrected chi connectivity index (χ3v) is 4.59. The highest BCUT2D eigenvalue weighted by molar-refractivity contribution is 6.09.